The molecule has 0 atom stereocenters. The van der Waals surface area contributed by atoms with Crippen LogP contribution in [-0.2, 0) is 17.9 Å². The van der Waals surface area contributed by atoms with Gasteiger partial charge in [-0.15, -0.1) is 0 Å². The number of carbonyl (C=O) groups is 2. The Morgan fingerprint density at radius 2 is 1.90 bits per heavy atom. The maximum absolute atomic E-state index is 12.4. The van der Waals surface area contributed by atoms with Gasteiger partial charge < -0.3 is 20.7 Å². The molecule has 12 heteroatoms. The molecule has 0 fully saturated rings. The summed E-state index contributed by atoms with van der Waals surface area (Å²) in [7, 11) is 0. The van der Waals surface area contributed by atoms with Crippen molar-refractivity contribution in [1.29, 1.82) is 0 Å². The second kappa shape index (κ2) is 8.74. The van der Waals surface area contributed by atoms with Crippen molar-refractivity contribution in [2.75, 3.05) is 10.6 Å². The Morgan fingerprint density at radius 3 is 2.53 bits per heavy atom. The van der Waals surface area contributed by atoms with Gasteiger partial charge in [-0.1, -0.05) is 17.7 Å². The number of anilines is 2. The van der Waals surface area contributed by atoms with Crippen LogP contribution in [0.4, 0.5) is 17.2 Å². The van der Waals surface area contributed by atoms with E-state index in [1.54, 1.807) is 41.2 Å². The average Bonchev–Trinajstić information content (AvgIpc) is 3.28. The minimum Gasteiger partial charge on any atom is -0.358 e. The summed E-state index contributed by atoms with van der Waals surface area (Å²) in [5.74, 6) is -1.29. The SMILES string of the molecule is CCn1nccc1C(=O)Nc1cccc(NC(=O)Cn2nc([N+](=O)[O-])c(Cl)c2C)c1. The van der Waals surface area contributed by atoms with Crippen molar-refractivity contribution in [3.63, 3.8) is 0 Å². The largest absolute Gasteiger partial charge is 0.408 e. The van der Waals surface area contributed by atoms with E-state index in [0.29, 0.717) is 29.3 Å². The van der Waals surface area contributed by atoms with Crippen LogP contribution in [0, 0.1) is 17.0 Å². The zero-order valence-corrected chi connectivity index (χ0v) is 16.9. The van der Waals surface area contributed by atoms with Gasteiger partial charge in [0.25, 0.3) is 5.91 Å². The summed E-state index contributed by atoms with van der Waals surface area (Å²) < 4.78 is 2.73. The van der Waals surface area contributed by atoms with E-state index in [0.717, 1.165) is 4.68 Å². The number of hydrogen-bond donors (Lipinski definition) is 2. The molecule has 0 unspecified atom stereocenters. The lowest BCUT2D eigenvalue weighted by Crippen LogP contribution is -2.21. The molecule has 0 bridgehead atoms. The van der Waals surface area contributed by atoms with Gasteiger partial charge >= 0.3 is 5.82 Å². The third kappa shape index (κ3) is 4.46. The number of aryl methyl sites for hydroxylation is 1. The molecule has 2 aromatic heterocycles. The van der Waals surface area contributed by atoms with E-state index in [-0.39, 0.29) is 17.5 Å². The molecule has 2 heterocycles. The van der Waals surface area contributed by atoms with Crippen LogP contribution in [0.1, 0.15) is 23.1 Å². The first-order valence-electron chi connectivity index (χ1n) is 8.90. The molecule has 1 aromatic carbocycles. The summed E-state index contributed by atoms with van der Waals surface area (Å²) in [6.45, 7) is 3.71. The predicted molar refractivity (Wildman–Crippen MR) is 110 cm³/mol. The second-order valence-electron chi connectivity index (χ2n) is 6.25. The van der Waals surface area contributed by atoms with Crippen LogP contribution in [-0.4, -0.2) is 36.3 Å². The van der Waals surface area contributed by atoms with Crippen LogP contribution in [0.2, 0.25) is 5.02 Å². The Balaban J connectivity index is 1.68. The van der Waals surface area contributed by atoms with Crippen molar-refractivity contribution in [3.05, 3.63) is 63.1 Å². The van der Waals surface area contributed by atoms with Gasteiger partial charge in [0.15, 0.2) is 5.02 Å². The number of aromatic nitrogens is 4. The molecule has 0 saturated carbocycles. The summed E-state index contributed by atoms with van der Waals surface area (Å²) in [4.78, 5) is 35.0. The number of benzene rings is 1. The van der Waals surface area contributed by atoms with Gasteiger partial charge in [0.05, 0.1) is 10.8 Å². The van der Waals surface area contributed by atoms with Crippen LogP contribution < -0.4 is 10.6 Å². The monoisotopic (exact) mass is 431 g/mol. The molecule has 11 nitrogen and oxygen atoms in total. The summed E-state index contributed by atoms with van der Waals surface area (Å²) >= 11 is 5.88. The summed E-state index contributed by atoms with van der Waals surface area (Å²) in [5, 5.41) is 24.0. The molecule has 0 radical (unpaired) electrons. The van der Waals surface area contributed by atoms with Crippen LogP contribution in [0.15, 0.2) is 36.5 Å². The zero-order valence-electron chi connectivity index (χ0n) is 16.1. The molecule has 2 N–H and O–H groups in total. The van der Waals surface area contributed by atoms with Gasteiger partial charge in [-0.2, -0.15) is 9.78 Å². The fourth-order valence-corrected chi connectivity index (χ4v) is 2.97. The van der Waals surface area contributed by atoms with Gasteiger partial charge in [-0.3, -0.25) is 14.3 Å². The molecule has 0 spiro atoms. The summed E-state index contributed by atoms with van der Waals surface area (Å²) in [6, 6.07) is 8.20. The van der Waals surface area contributed by atoms with Crippen LogP contribution in [0.3, 0.4) is 0 Å². The van der Waals surface area contributed by atoms with Gasteiger partial charge in [-0.05, 0) is 43.0 Å². The maximum atomic E-state index is 12.4. The number of carbonyl (C=O) groups excluding carboxylic acids is 2. The van der Waals surface area contributed by atoms with E-state index in [1.807, 2.05) is 6.92 Å². The zero-order chi connectivity index (χ0) is 21.8. The maximum Gasteiger partial charge on any atom is 0.408 e. The third-order valence-electron chi connectivity index (χ3n) is 4.24. The molecule has 0 aliphatic rings. The van der Waals surface area contributed by atoms with E-state index in [2.05, 4.69) is 20.8 Å². The van der Waals surface area contributed by atoms with Crippen LogP contribution in [0.5, 0.6) is 0 Å². The molecule has 3 rings (SSSR count). The summed E-state index contributed by atoms with van der Waals surface area (Å²) in [5.41, 5.74) is 1.65. The first-order valence-corrected chi connectivity index (χ1v) is 9.28. The number of nitrogens with zero attached hydrogens (tertiary/aromatic N) is 5. The Hall–Kier alpha value is -3.73. The van der Waals surface area contributed by atoms with Crippen molar-refractivity contribution >= 4 is 40.6 Å². The quantitative estimate of drug-likeness (QED) is 0.436. The molecule has 0 aliphatic heterocycles. The average molecular weight is 432 g/mol. The first-order chi connectivity index (χ1) is 14.3. The molecule has 3 aromatic rings. The Kier molecular flexibility index (Phi) is 6.11. The van der Waals surface area contributed by atoms with Crippen molar-refractivity contribution in [2.24, 2.45) is 0 Å². The normalized spacial score (nSPS) is 10.6. The molecule has 156 valence electrons. The highest BCUT2D eigenvalue weighted by molar-refractivity contribution is 6.33. The van der Waals surface area contributed by atoms with E-state index < -0.39 is 16.6 Å². The number of nitrogens with one attached hydrogen (secondary N) is 2. The summed E-state index contributed by atoms with van der Waals surface area (Å²) in [6.07, 6.45) is 1.54. The van der Waals surface area contributed by atoms with E-state index in [4.69, 9.17) is 11.6 Å². The number of nitro groups is 1. The fourth-order valence-electron chi connectivity index (χ4n) is 2.76. The number of halogens is 1. The van der Waals surface area contributed by atoms with Crippen molar-refractivity contribution in [1.82, 2.24) is 19.6 Å². The van der Waals surface area contributed by atoms with Crippen molar-refractivity contribution in [2.45, 2.75) is 26.9 Å². The molecular weight excluding hydrogens is 414 g/mol. The number of hydrogen-bond acceptors (Lipinski definition) is 6. The standard InChI is InChI=1S/C18H18ClN7O4/c1-3-24-14(7-8-20-24)18(28)22-13-6-4-5-12(9-13)21-15(27)10-25-11(2)16(19)17(23-25)26(29)30/h4-9H,3,10H2,1-2H3,(H,21,27)(H,22,28). The van der Waals surface area contributed by atoms with Gasteiger partial charge in [-0.25, -0.2) is 0 Å². The van der Waals surface area contributed by atoms with E-state index >= 15 is 0 Å². The van der Waals surface area contributed by atoms with Gasteiger partial charge in [0, 0.05) is 24.1 Å². The minimum atomic E-state index is -0.708. The van der Waals surface area contributed by atoms with E-state index in [9.17, 15) is 19.7 Å². The van der Waals surface area contributed by atoms with Crippen molar-refractivity contribution in [3.8, 4) is 0 Å². The minimum absolute atomic E-state index is 0.108. The fraction of sp³-hybridized carbons (Fsp3) is 0.222. The lowest BCUT2D eigenvalue weighted by atomic mass is 10.2. The van der Waals surface area contributed by atoms with Gasteiger partial charge in [0.2, 0.25) is 5.91 Å². The predicted octanol–water partition coefficient (Wildman–Crippen LogP) is 2.86. The second-order valence-corrected chi connectivity index (χ2v) is 6.63. The molecule has 0 saturated heterocycles. The number of amides is 2. The highest BCUT2D eigenvalue weighted by Crippen LogP contribution is 2.26. The lowest BCUT2D eigenvalue weighted by Gasteiger charge is -2.09. The van der Waals surface area contributed by atoms with E-state index in [1.165, 1.54) is 6.92 Å². The lowest BCUT2D eigenvalue weighted by molar-refractivity contribution is -0.389. The molecule has 0 aliphatic carbocycles. The molecule has 2 amide bonds. The Morgan fingerprint density at radius 1 is 1.20 bits per heavy atom. The Labute approximate surface area is 175 Å². The topological polar surface area (TPSA) is 137 Å². The smallest absolute Gasteiger partial charge is 0.358 e. The van der Waals surface area contributed by atoms with Crippen LogP contribution >= 0.6 is 11.6 Å². The van der Waals surface area contributed by atoms with Crippen molar-refractivity contribution < 1.29 is 14.5 Å². The van der Waals surface area contributed by atoms with Gasteiger partial charge in [0.1, 0.15) is 12.2 Å². The highest BCUT2D eigenvalue weighted by atomic mass is 35.5. The number of rotatable bonds is 7. The molecular formula is C18H18ClN7O4. The van der Waals surface area contributed by atoms with Crippen LogP contribution in [0.25, 0.3) is 0 Å². The highest BCUT2D eigenvalue weighted by Gasteiger charge is 2.25. The first kappa shape index (κ1) is 21.0. The third-order valence-corrected chi connectivity index (χ3v) is 4.68. The molecule has 30 heavy (non-hydrogen) atoms. The Bertz CT molecular complexity index is 1120.